The topological polar surface area (TPSA) is 46.5 Å². The molecule has 0 bridgehead atoms. The molecule has 0 radical (unpaired) electrons. The SMILES string of the molecule is C=C(CO)C(=O)OCCCC1CCC(C2CCC(C3CCC(CCCCC)CC3)CC2)CC1. The molecule has 0 aromatic rings. The molecule has 3 fully saturated rings. The highest BCUT2D eigenvalue weighted by molar-refractivity contribution is 5.87. The van der Waals surface area contributed by atoms with Gasteiger partial charge in [-0.05, 0) is 99.7 Å². The molecule has 0 atom stereocenters. The number of unbranched alkanes of at least 4 members (excludes halogenated alkanes) is 2. The van der Waals surface area contributed by atoms with Crippen LogP contribution < -0.4 is 0 Å². The van der Waals surface area contributed by atoms with Crippen LogP contribution in [-0.2, 0) is 9.53 Å². The lowest BCUT2D eigenvalue weighted by molar-refractivity contribution is -0.139. The predicted octanol–water partition coefficient (Wildman–Crippen LogP) is 7.86. The molecule has 0 aromatic heterocycles. The van der Waals surface area contributed by atoms with E-state index in [0.29, 0.717) is 6.61 Å². The van der Waals surface area contributed by atoms with Gasteiger partial charge in [-0.3, -0.25) is 0 Å². The first-order valence-corrected chi connectivity index (χ1v) is 14.6. The van der Waals surface area contributed by atoms with Gasteiger partial charge in [0, 0.05) is 0 Å². The third kappa shape index (κ3) is 8.71. The Bertz CT molecular complexity index is 561. The Labute approximate surface area is 204 Å². The quantitative estimate of drug-likeness (QED) is 0.183. The van der Waals surface area contributed by atoms with Crippen molar-refractivity contribution in [3.63, 3.8) is 0 Å². The minimum absolute atomic E-state index is 0.153. The van der Waals surface area contributed by atoms with Gasteiger partial charge in [0.1, 0.15) is 0 Å². The molecule has 33 heavy (non-hydrogen) atoms. The van der Waals surface area contributed by atoms with E-state index in [1.165, 1.54) is 109 Å². The molecule has 3 rings (SSSR count). The second-order valence-electron chi connectivity index (χ2n) is 11.8. The van der Waals surface area contributed by atoms with Gasteiger partial charge in [-0.25, -0.2) is 4.79 Å². The number of hydrogen-bond acceptors (Lipinski definition) is 3. The van der Waals surface area contributed by atoms with Crippen molar-refractivity contribution < 1.29 is 14.6 Å². The monoisotopic (exact) mass is 460 g/mol. The van der Waals surface area contributed by atoms with Crippen LogP contribution in [0.3, 0.4) is 0 Å². The maximum absolute atomic E-state index is 11.5. The Morgan fingerprint density at radius 1 is 0.727 bits per heavy atom. The van der Waals surface area contributed by atoms with E-state index in [4.69, 9.17) is 9.84 Å². The molecule has 0 amide bonds. The fraction of sp³-hybridized carbons (Fsp3) is 0.900. The zero-order valence-electron chi connectivity index (χ0n) is 21.6. The van der Waals surface area contributed by atoms with E-state index in [2.05, 4.69) is 13.5 Å². The predicted molar refractivity (Wildman–Crippen MR) is 137 cm³/mol. The van der Waals surface area contributed by atoms with Gasteiger partial charge in [-0.1, -0.05) is 64.9 Å². The number of rotatable bonds is 12. The van der Waals surface area contributed by atoms with Crippen LogP contribution in [0.4, 0.5) is 0 Å². The van der Waals surface area contributed by atoms with Crippen LogP contribution in [0.1, 0.15) is 122 Å². The largest absolute Gasteiger partial charge is 0.462 e. The first-order valence-electron chi connectivity index (χ1n) is 14.6. The maximum atomic E-state index is 11.5. The summed E-state index contributed by atoms with van der Waals surface area (Å²) < 4.78 is 5.19. The van der Waals surface area contributed by atoms with E-state index in [1.54, 1.807) is 0 Å². The Balaban J connectivity index is 1.25. The maximum Gasteiger partial charge on any atom is 0.335 e. The number of carbonyl (C=O) groups excluding carboxylic acids is 1. The van der Waals surface area contributed by atoms with Gasteiger partial charge in [-0.2, -0.15) is 0 Å². The van der Waals surface area contributed by atoms with E-state index >= 15 is 0 Å². The summed E-state index contributed by atoms with van der Waals surface area (Å²) in [6.07, 6.45) is 25.6. The molecule has 3 aliphatic rings. The van der Waals surface area contributed by atoms with Crippen LogP contribution >= 0.6 is 0 Å². The van der Waals surface area contributed by atoms with Crippen LogP contribution in [0, 0.1) is 35.5 Å². The first-order chi connectivity index (χ1) is 16.1. The van der Waals surface area contributed by atoms with Crippen molar-refractivity contribution >= 4 is 5.97 Å². The number of aliphatic hydroxyl groups excluding tert-OH is 1. The first kappa shape index (κ1) is 26.8. The summed E-state index contributed by atoms with van der Waals surface area (Å²) in [5.74, 6) is 5.47. The molecule has 0 saturated heterocycles. The summed E-state index contributed by atoms with van der Waals surface area (Å²) in [7, 11) is 0. The second-order valence-corrected chi connectivity index (χ2v) is 11.8. The summed E-state index contributed by atoms with van der Waals surface area (Å²) in [6, 6.07) is 0. The molecule has 1 N–H and O–H groups in total. The molecule has 0 heterocycles. The molecular weight excluding hydrogens is 408 g/mol. The van der Waals surface area contributed by atoms with E-state index in [-0.39, 0.29) is 12.2 Å². The minimum atomic E-state index is -0.447. The number of ether oxygens (including phenoxy) is 1. The second kappa shape index (κ2) is 14.5. The molecule has 0 unspecified atom stereocenters. The lowest BCUT2D eigenvalue weighted by Crippen LogP contribution is -2.29. The van der Waals surface area contributed by atoms with Crippen molar-refractivity contribution in [2.24, 2.45) is 35.5 Å². The molecule has 3 saturated carbocycles. The molecule has 0 aliphatic heterocycles. The average molecular weight is 461 g/mol. The smallest absolute Gasteiger partial charge is 0.335 e. The molecule has 190 valence electrons. The Morgan fingerprint density at radius 3 is 1.58 bits per heavy atom. The summed E-state index contributed by atoms with van der Waals surface area (Å²) >= 11 is 0. The third-order valence-corrected chi connectivity index (χ3v) is 9.62. The van der Waals surface area contributed by atoms with Gasteiger partial charge in [0.25, 0.3) is 0 Å². The van der Waals surface area contributed by atoms with Gasteiger partial charge in [-0.15, -0.1) is 0 Å². The van der Waals surface area contributed by atoms with Crippen LogP contribution in [-0.4, -0.2) is 24.3 Å². The molecular formula is C30H52O3. The van der Waals surface area contributed by atoms with Gasteiger partial charge in [0.05, 0.1) is 18.8 Å². The van der Waals surface area contributed by atoms with E-state index in [9.17, 15) is 4.79 Å². The van der Waals surface area contributed by atoms with Crippen molar-refractivity contribution in [3.8, 4) is 0 Å². The number of hydrogen-bond donors (Lipinski definition) is 1. The number of esters is 1. The van der Waals surface area contributed by atoms with Gasteiger partial charge in [0.15, 0.2) is 0 Å². The summed E-state index contributed by atoms with van der Waals surface area (Å²) in [6.45, 7) is 5.98. The number of aliphatic hydroxyl groups is 1. The highest BCUT2D eigenvalue weighted by atomic mass is 16.5. The van der Waals surface area contributed by atoms with Crippen LogP contribution in [0.2, 0.25) is 0 Å². The van der Waals surface area contributed by atoms with E-state index in [1.807, 2.05) is 0 Å². The van der Waals surface area contributed by atoms with Crippen LogP contribution in [0.5, 0.6) is 0 Å². The third-order valence-electron chi connectivity index (χ3n) is 9.62. The standard InChI is InChI=1S/C30H52O3/c1-3-4-5-7-24-9-13-26(14-10-24)28-17-19-29(20-18-28)27-15-11-25(12-16-27)8-6-21-33-30(32)23(2)22-31/h24-29,31H,2-22H2,1H3. The van der Waals surface area contributed by atoms with Crippen LogP contribution in [0.15, 0.2) is 12.2 Å². The fourth-order valence-corrected chi connectivity index (χ4v) is 7.37. The highest BCUT2D eigenvalue weighted by Crippen LogP contribution is 2.46. The minimum Gasteiger partial charge on any atom is -0.462 e. The normalized spacial score (nSPS) is 32.9. The van der Waals surface area contributed by atoms with Crippen molar-refractivity contribution in [2.45, 2.75) is 122 Å². The summed E-state index contributed by atoms with van der Waals surface area (Å²) in [5, 5.41) is 8.92. The lowest BCUT2D eigenvalue weighted by Gasteiger charge is -2.41. The van der Waals surface area contributed by atoms with Crippen molar-refractivity contribution in [2.75, 3.05) is 13.2 Å². The highest BCUT2D eigenvalue weighted by Gasteiger charge is 2.34. The molecule has 3 aliphatic carbocycles. The Hall–Kier alpha value is -0.830. The zero-order chi connectivity index (χ0) is 23.5. The van der Waals surface area contributed by atoms with E-state index in [0.717, 1.165) is 41.9 Å². The Morgan fingerprint density at radius 2 is 1.15 bits per heavy atom. The lowest BCUT2D eigenvalue weighted by atomic mass is 9.64. The molecule has 3 nitrogen and oxygen atoms in total. The zero-order valence-corrected chi connectivity index (χ0v) is 21.6. The van der Waals surface area contributed by atoms with E-state index < -0.39 is 5.97 Å². The Kier molecular flexibility index (Phi) is 11.8. The fourth-order valence-electron chi connectivity index (χ4n) is 7.37. The van der Waals surface area contributed by atoms with Crippen molar-refractivity contribution in [3.05, 3.63) is 12.2 Å². The summed E-state index contributed by atoms with van der Waals surface area (Å²) in [4.78, 5) is 11.5. The van der Waals surface area contributed by atoms with Crippen molar-refractivity contribution in [1.29, 1.82) is 0 Å². The molecule has 0 aromatic carbocycles. The van der Waals surface area contributed by atoms with Crippen molar-refractivity contribution in [1.82, 2.24) is 0 Å². The van der Waals surface area contributed by atoms with Crippen LogP contribution in [0.25, 0.3) is 0 Å². The molecule has 3 heteroatoms. The average Bonchev–Trinajstić information content (AvgIpc) is 2.87. The molecule has 0 spiro atoms. The summed E-state index contributed by atoms with van der Waals surface area (Å²) in [5.41, 5.74) is 0.153. The van der Waals surface area contributed by atoms with Gasteiger partial charge >= 0.3 is 5.97 Å². The van der Waals surface area contributed by atoms with Gasteiger partial charge in [0.2, 0.25) is 0 Å². The van der Waals surface area contributed by atoms with Gasteiger partial charge < -0.3 is 9.84 Å². The number of carbonyl (C=O) groups is 1.